The maximum absolute atomic E-state index is 14.4. The number of fused-ring (bicyclic) bond motifs is 1. The molecule has 0 saturated carbocycles. The fourth-order valence-electron chi connectivity index (χ4n) is 1.99. The molecular weight excluding hydrogens is 286 g/mol. The molecule has 0 aliphatic carbocycles. The summed E-state index contributed by atoms with van der Waals surface area (Å²) in [5.74, 6) is -1.57. The van der Waals surface area contributed by atoms with E-state index in [-0.39, 0.29) is 22.2 Å². The molecule has 0 bridgehead atoms. The second-order valence-electron chi connectivity index (χ2n) is 4.19. The molecule has 1 N–H and O–H groups in total. The van der Waals surface area contributed by atoms with Crippen molar-refractivity contribution in [2.75, 3.05) is 0 Å². The summed E-state index contributed by atoms with van der Waals surface area (Å²) in [4.78, 5) is 17.5. The number of rotatable bonds is 1. The topological polar surface area (TPSA) is 45.8 Å². The predicted octanol–water partition coefficient (Wildman–Crippen LogP) is 3.52. The molecule has 0 aliphatic rings. The second kappa shape index (κ2) is 4.68. The molecule has 2 heterocycles. The van der Waals surface area contributed by atoms with Gasteiger partial charge in [0.15, 0.2) is 0 Å². The highest BCUT2D eigenvalue weighted by molar-refractivity contribution is 6.30. The van der Waals surface area contributed by atoms with Gasteiger partial charge in [-0.3, -0.25) is 9.78 Å². The zero-order chi connectivity index (χ0) is 14.3. The number of H-pyrrole nitrogens is 1. The lowest BCUT2D eigenvalue weighted by Gasteiger charge is -2.07. The van der Waals surface area contributed by atoms with E-state index < -0.39 is 17.2 Å². The third-order valence-electron chi connectivity index (χ3n) is 2.90. The first kappa shape index (κ1) is 12.7. The molecule has 0 amide bonds. The van der Waals surface area contributed by atoms with Crippen LogP contribution in [0.5, 0.6) is 0 Å². The maximum Gasteiger partial charge on any atom is 0.248 e. The fourth-order valence-corrected chi connectivity index (χ4v) is 2.10. The van der Waals surface area contributed by atoms with E-state index in [2.05, 4.69) is 9.97 Å². The molecule has 2 aromatic heterocycles. The van der Waals surface area contributed by atoms with Crippen molar-refractivity contribution >= 4 is 22.5 Å². The van der Waals surface area contributed by atoms with E-state index in [4.69, 9.17) is 11.6 Å². The number of benzene rings is 1. The number of hydrogen-bond donors (Lipinski definition) is 1. The van der Waals surface area contributed by atoms with E-state index in [0.717, 1.165) is 6.07 Å². The zero-order valence-corrected chi connectivity index (χ0v) is 10.7. The van der Waals surface area contributed by atoms with E-state index in [9.17, 15) is 13.6 Å². The van der Waals surface area contributed by atoms with Crippen molar-refractivity contribution in [1.82, 2.24) is 9.97 Å². The van der Waals surface area contributed by atoms with Crippen LogP contribution in [-0.4, -0.2) is 9.97 Å². The van der Waals surface area contributed by atoms with E-state index in [1.54, 1.807) is 0 Å². The average Bonchev–Trinajstić information content (AvgIpc) is 2.40. The average molecular weight is 293 g/mol. The van der Waals surface area contributed by atoms with Gasteiger partial charge in [-0.05, 0) is 24.3 Å². The molecule has 20 heavy (non-hydrogen) atoms. The molecule has 3 rings (SSSR count). The third kappa shape index (κ3) is 2.06. The summed E-state index contributed by atoms with van der Waals surface area (Å²) in [5, 5.41) is 0.498. The van der Waals surface area contributed by atoms with Gasteiger partial charge in [-0.25, -0.2) is 8.78 Å². The van der Waals surface area contributed by atoms with Crippen LogP contribution in [0.15, 0.2) is 41.3 Å². The molecule has 100 valence electrons. The number of nitrogens with one attached hydrogen (secondary N) is 1. The van der Waals surface area contributed by atoms with Gasteiger partial charge in [-0.1, -0.05) is 11.6 Å². The van der Waals surface area contributed by atoms with Crippen molar-refractivity contribution in [2.24, 2.45) is 0 Å². The number of halogens is 3. The van der Waals surface area contributed by atoms with E-state index >= 15 is 0 Å². The number of pyridine rings is 2. The fraction of sp³-hybridized carbons (Fsp3) is 0. The standard InChI is InChI=1S/C14H7ClF2N2O/c15-7-1-3-10(18-6-7)13-9(16)5-11-8(14(13)17)2-4-12(20)19-11/h1-6H,(H,19,20). The summed E-state index contributed by atoms with van der Waals surface area (Å²) in [6.07, 6.45) is 1.31. The maximum atomic E-state index is 14.4. The highest BCUT2D eigenvalue weighted by Crippen LogP contribution is 2.29. The first-order valence-electron chi connectivity index (χ1n) is 5.69. The van der Waals surface area contributed by atoms with Crippen LogP contribution in [0.2, 0.25) is 5.02 Å². The van der Waals surface area contributed by atoms with Gasteiger partial charge in [0.2, 0.25) is 5.56 Å². The summed E-state index contributed by atoms with van der Waals surface area (Å²) in [6, 6.07) is 6.50. The van der Waals surface area contributed by atoms with Crippen LogP contribution in [-0.2, 0) is 0 Å². The van der Waals surface area contributed by atoms with Gasteiger partial charge in [0.1, 0.15) is 11.6 Å². The Morgan fingerprint density at radius 1 is 1.15 bits per heavy atom. The van der Waals surface area contributed by atoms with E-state index in [0.29, 0.717) is 5.02 Å². The number of hydrogen-bond acceptors (Lipinski definition) is 2. The van der Waals surface area contributed by atoms with Gasteiger partial charge < -0.3 is 4.98 Å². The second-order valence-corrected chi connectivity index (χ2v) is 4.63. The van der Waals surface area contributed by atoms with Gasteiger partial charge in [0.05, 0.1) is 21.8 Å². The molecule has 0 unspecified atom stereocenters. The third-order valence-corrected chi connectivity index (χ3v) is 3.12. The van der Waals surface area contributed by atoms with Crippen LogP contribution in [0.3, 0.4) is 0 Å². The minimum atomic E-state index is -0.799. The smallest absolute Gasteiger partial charge is 0.248 e. The van der Waals surface area contributed by atoms with Crippen molar-refractivity contribution in [2.45, 2.75) is 0 Å². The molecule has 3 aromatic rings. The first-order valence-corrected chi connectivity index (χ1v) is 6.07. The van der Waals surface area contributed by atoms with Crippen molar-refractivity contribution in [3.63, 3.8) is 0 Å². The molecule has 3 nitrogen and oxygen atoms in total. The minimum absolute atomic E-state index is 0.102. The van der Waals surface area contributed by atoms with E-state index in [1.807, 2.05) is 0 Å². The van der Waals surface area contributed by atoms with Crippen LogP contribution in [0.4, 0.5) is 8.78 Å². The number of nitrogens with zero attached hydrogens (tertiary/aromatic N) is 1. The lowest BCUT2D eigenvalue weighted by molar-refractivity contribution is 0.596. The van der Waals surface area contributed by atoms with Gasteiger partial charge in [0, 0.05) is 17.6 Å². The molecule has 0 fully saturated rings. The summed E-state index contributed by atoms with van der Waals surface area (Å²) in [7, 11) is 0. The van der Waals surface area contributed by atoms with Crippen LogP contribution in [0.1, 0.15) is 0 Å². The normalized spacial score (nSPS) is 10.9. The summed E-state index contributed by atoms with van der Waals surface area (Å²) < 4.78 is 28.5. The predicted molar refractivity (Wildman–Crippen MR) is 72.7 cm³/mol. The monoisotopic (exact) mass is 292 g/mol. The molecule has 0 atom stereocenters. The van der Waals surface area contributed by atoms with Gasteiger partial charge in [-0.2, -0.15) is 0 Å². The Kier molecular flexibility index (Phi) is 2.99. The Morgan fingerprint density at radius 3 is 2.65 bits per heavy atom. The molecule has 0 aliphatic heterocycles. The Bertz CT molecular complexity index is 859. The Morgan fingerprint density at radius 2 is 1.95 bits per heavy atom. The largest absolute Gasteiger partial charge is 0.322 e. The Balaban J connectivity index is 2.33. The van der Waals surface area contributed by atoms with Crippen molar-refractivity contribution in [3.05, 3.63) is 63.5 Å². The van der Waals surface area contributed by atoms with Crippen molar-refractivity contribution in [1.29, 1.82) is 0 Å². The molecule has 1 aromatic carbocycles. The van der Waals surface area contributed by atoms with Gasteiger partial charge in [-0.15, -0.1) is 0 Å². The van der Waals surface area contributed by atoms with Crippen molar-refractivity contribution < 1.29 is 8.78 Å². The van der Waals surface area contributed by atoms with Crippen LogP contribution >= 0.6 is 11.6 Å². The lowest BCUT2D eigenvalue weighted by atomic mass is 10.1. The quantitative estimate of drug-likeness (QED) is 0.746. The SMILES string of the molecule is O=c1ccc2c(F)c(-c3ccc(Cl)cn3)c(F)cc2[nH]1. The zero-order valence-electron chi connectivity index (χ0n) is 9.95. The minimum Gasteiger partial charge on any atom is -0.322 e. The molecule has 0 spiro atoms. The number of aromatic amines is 1. The summed E-state index contributed by atoms with van der Waals surface area (Å²) in [6.45, 7) is 0. The molecular formula is C14H7ClF2N2O. The van der Waals surface area contributed by atoms with Crippen LogP contribution < -0.4 is 5.56 Å². The van der Waals surface area contributed by atoms with Gasteiger partial charge in [0.25, 0.3) is 0 Å². The lowest BCUT2D eigenvalue weighted by Crippen LogP contribution is -2.04. The van der Waals surface area contributed by atoms with Gasteiger partial charge >= 0.3 is 0 Å². The molecule has 0 saturated heterocycles. The summed E-state index contributed by atoms with van der Waals surface area (Å²) in [5.41, 5.74) is -0.433. The first-order chi connectivity index (χ1) is 9.56. The van der Waals surface area contributed by atoms with E-state index in [1.165, 1.54) is 30.5 Å². The number of aromatic nitrogens is 2. The Hall–Kier alpha value is -2.27. The van der Waals surface area contributed by atoms with Crippen LogP contribution in [0, 0.1) is 11.6 Å². The summed E-state index contributed by atoms with van der Waals surface area (Å²) >= 11 is 5.70. The highest BCUT2D eigenvalue weighted by Gasteiger charge is 2.16. The Labute approximate surface area is 116 Å². The molecule has 6 heteroatoms. The van der Waals surface area contributed by atoms with Crippen molar-refractivity contribution in [3.8, 4) is 11.3 Å². The van der Waals surface area contributed by atoms with Crippen LogP contribution in [0.25, 0.3) is 22.2 Å². The highest BCUT2D eigenvalue weighted by atomic mass is 35.5. The molecule has 0 radical (unpaired) electrons.